The van der Waals surface area contributed by atoms with Crippen molar-refractivity contribution < 1.29 is 51.5 Å². The van der Waals surface area contributed by atoms with E-state index in [1.807, 2.05) is 0 Å². The van der Waals surface area contributed by atoms with Gasteiger partial charge in [-0.1, -0.05) is 17.7 Å². The van der Waals surface area contributed by atoms with Crippen molar-refractivity contribution in [2.45, 2.75) is 11.0 Å². The van der Waals surface area contributed by atoms with Crippen molar-refractivity contribution in [3.05, 3.63) is 23.2 Å². The fourth-order valence-electron chi connectivity index (χ4n) is 0.958. The molecule has 0 unspecified atom stereocenters. The third-order valence-electron chi connectivity index (χ3n) is 1.89. The van der Waals surface area contributed by atoms with E-state index in [1.54, 1.807) is 0 Å². The Bertz CT molecular complexity index is 797. The van der Waals surface area contributed by atoms with Crippen LogP contribution in [0.2, 0.25) is 5.02 Å². The van der Waals surface area contributed by atoms with Gasteiger partial charge >= 0.3 is 31.3 Å². The summed E-state index contributed by atoms with van der Waals surface area (Å²) >= 11 is 5.32. The van der Waals surface area contributed by atoms with Gasteiger partial charge in [0.2, 0.25) is 5.75 Å². The number of alkyl halides is 6. The van der Waals surface area contributed by atoms with Crippen LogP contribution >= 0.6 is 11.6 Å². The fourth-order valence-corrected chi connectivity index (χ4v) is 2.16. The molecule has 0 saturated heterocycles. The van der Waals surface area contributed by atoms with Crippen molar-refractivity contribution >= 4 is 31.8 Å². The van der Waals surface area contributed by atoms with Crippen LogP contribution in [-0.4, -0.2) is 27.9 Å². The van der Waals surface area contributed by atoms with Crippen molar-refractivity contribution in [3.63, 3.8) is 0 Å². The summed E-state index contributed by atoms with van der Waals surface area (Å²) in [6, 6.07) is 1.93. The van der Waals surface area contributed by atoms with Crippen LogP contribution < -0.4 is 8.37 Å². The molecule has 0 aliphatic rings. The van der Waals surface area contributed by atoms with Gasteiger partial charge in [0, 0.05) is 0 Å². The Morgan fingerprint density at radius 1 is 0.826 bits per heavy atom. The average Bonchev–Trinajstić information content (AvgIpc) is 2.30. The van der Waals surface area contributed by atoms with Crippen molar-refractivity contribution in [1.82, 2.24) is 0 Å². The zero-order valence-electron chi connectivity index (χ0n) is 10.1. The highest BCUT2D eigenvalue weighted by molar-refractivity contribution is 7.88. The van der Waals surface area contributed by atoms with Crippen LogP contribution in [0.4, 0.5) is 26.3 Å². The van der Waals surface area contributed by atoms with Gasteiger partial charge in [-0.05, 0) is 12.1 Å². The van der Waals surface area contributed by atoms with Crippen LogP contribution in [0.1, 0.15) is 0 Å². The summed E-state index contributed by atoms with van der Waals surface area (Å²) in [5.41, 5.74) is -11.9. The maximum atomic E-state index is 12.2. The number of hydrogen-bond acceptors (Lipinski definition) is 6. The second-order valence-electron chi connectivity index (χ2n) is 3.53. The van der Waals surface area contributed by atoms with Gasteiger partial charge in [0.1, 0.15) is 0 Å². The quantitative estimate of drug-likeness (QED) is 0.432. The summed E-state index contributed by atoms with van der Waals surface area (Å²) in [6.07, 6.45) is 0. The Balaban J connectivity index is 3.38. The molecule has 0 spiro atoms. The normalized spacial score (nSPS) is 13.7. The van der Waals surface area contributed by atoms with E-state index >= 15 is 0 Å². The zero-order chi connectivity index (χ0) is 18.3. The molecule has 23 heavy (non-hydrogen) atoms. The van der Waals surface area contributed by atoms with E-state index in [9.17, 15) is 43.2 Å². The summed E-state index contributed by atoms with van der Waals surface area (Å²) in [7, 11) is -12.6. The molecule has 132 valence electrons. The van der Waals surface area contributed by atoms with Crippen LogP contribution in [-0.2, 0) is 20.2 Å². The molecule has 1 aromatic carbocycles. The first kappa shape index (κ1) is 19.6. The monoisotopic (exact) mass is 408 g/mol. The summed E-state index contributed by atoms with van der Waals surface area (Å²) < 4.78 is 124. The maximum Gasteiger partial charge on any atom is 0.534 e. The highest BCUT2D eigenvalue weighted by atomic mass is 35.5. The van der Waals surface area contributed by atoms with Crippen LogP contribution in [0.3, 0.4) is 0 Å². The standard InChI is InChI=1S/C8H3ClF6O6S2/c9-4-2-1-3-5(20-22(16,17)7(10,11)12)6(4)21-23(18,19)8(13,14)15/h1-3H. The predicted octanol–water partition coefficient (Wildman–Crippen LogP) is 2.80. The summed E-state index contributed by atoms with van der Waals surface area (Å²) in [4.78, 5) is 0. The van der Waals surface area contributed by atoms with Gasteiger partial charge in [-0.15, -0.1) is 0 Å². The molecule has 0 radical (unpaired) electrons. The van der Waals surface area contributed by atoms with Gasteiger partial charge in [0.05, 0.1) is 5.02 Å². The molecule has 1 rings (SSSR count). The Labute approximate surface area is 129 Å². The number of rotatable bonds is 4. The lowest BCUT2D eigenvalue weighted by Gasteiger charge is -2.15. The molecule has 0 bridgehead atoms. The number of halogens is 7. The number of benzene rings is 1. The second-order valence-corrected chi connectivity index (χ2v) is 7.02. The molecule has 0 aliphatic heterocycles. The van der Waals surface area contributed by atoms with E-state index in [1.165, 1.54) is 0 Å². The van der Waals surface area contributed by atoms with E-state index in [4.69, 9.17) is 11.6 Å². The average molecular weight is 409 g/mol. The van der Waals surface area contributed by atoms with Gasteiger partial charge in [0.25, 0.3) is 0 Å². The molecule has 6 nitrogen and oxygen atoms in total. The smallest absolute Gasteiger partial charge is 0.372 e. The summed E-state index contributed by atoms with van der Waals surface area (Å²) in [5, 5.41) is -0.937. The molecule has 1 aromatic rings. The fraction of sp³-hybridized carbons (Fsp3) is 0.250. The molecule has 0 N–H and O–H groups in total. The largest absolute Gasteiger partial charge is 0.534 e. The molecular weight excluding hydrogens is 406 g/mol. The maximum absolute atomic E-state index is 12.2. The molecule has 0 aromatic heterocycles. The van der Waals surface area contributed by atoms with E-state index in [-0.39, 0.29) is 0 Å². The molecule has 0 atom stereocenters. The Hall–Kier alpha value is -1.41. The lowest BCUT2D eigenvalue weighted by molar-refractivity contribution is -0.0513. The number of hydrogen-bond donors (Lipinski definition) is 0. The first-order chi connectivity index (χ1) is 10.1. The zero-order valence-corrected chi connectivity index (χ0v) is 12.5. The second kappa shape index (κ2) is 5.90. The van der Waals surface area contributed by atoms with E-state index in [2.05, 4.69) is 8.37 Å². The molecule has 0 aliphatic carbocycles. The van der Waals surface area contributed by atoms with Crippen molar-refractivity contribution in [2.24, 2.45) is 0 Å². The van der Waals surface area contributed by atoms with Gasteiger partial charge in [-0.3, -0.25) is 0 Å². The molecular formula is C8H3ClF6O6S2. The van der Waals surface area contributed by atoms with Gasteiger partial charge in [-0.2, -0.15) is 43.2 Å². The van der Waals surface area contributed by atoms with Crippen LogP contribution in [0.5, 0.6) is 11.5 Å². The van der Waals surface area contributed by atoms with E-state index in [0.29, 0.717) is 6.07 Å². The molecule has 0 saturated carbocycles. The molecule has 0 fully saturated rings. The third-order valence-corrected chi connectivity index (χ3v) is 4.11. The molecule has 0 amide bonds. The lowest BCUT2D eigenvalue weighted by Crippen LogP contribution is -2.30. The predicted molar refractivity (Wildman–Crippen MR) is 62.7 cm³/mol. The van der Waals surface area contributed by atoms with E-state index in [0.717, 1.165) is 12.1 Å². The van der Waals surface area contributed by atoms with Gasteiger partial charge in [0.15, 0.2) is 5.75 Å². The Morgan fingerprint density at radius 3 is 1.70 bits per heavy atom. The lowest BCUT2D eigenvalue weighted by atomic mass is 10.3. The van der Waals surface area contributed by atoms with Crippen LogP contribution in [0.15, 0.2) is 18.2 Å². The topological polar surface area (TPSA) is 86.7 Å². The first-order valence-electron chi connectivity index (χ1n) is 4.88. The van der Waals surface area contributed by atoms with Crippen molar-refractivity contribution in [1.29, 1.82) is 0 Å². The van der Waals surface area contributed by atoms with Crippen molar-refractivity contribution in [2.75, 3.05) is 0 Å². The Morgan fingerprint density at radius 2 is 1.26 bits per heavy atom. The highest BCUT2D eigenvalue weighted by Crippen LogP contribution is 2.40. The minimum atomic E-state index is -6.33. The highest BCUT2D eigenvalue weighted by Gasteiger charge is 2.51. The number of para-hydroxylation sites is 1. The van der Waals surface area contributed by atoms with E-state index < -0.39 is 47.8 Å². The third kappa shape index (κ3) is 4.32. The van der Waals surface area contributed by atoms with Crippen LogP contribution in [0, 0.1) is 0 Å². The SMILES string of the molecule is O=S(=O)(Oc1cccc(Cl)c1OS(=O)(=O)C(F)(F)F)C(F)(F)F. The minimum absolute atomic E-state index is 0.413. The minimum Gasteiger partial charge on any atom is -0.372 e. The summed E-state index contributed by atoms with van der Waals surface area (Å²) in [6.45, 7) is 0. The Kier molecular flexibility index (Phi) is 5.04. The van der Waals surface area contributed by atoms with Crippen LogP contribution in [0.25, 0.3) is 0 Å². The van der Waals surface area contributed by atoms with Gasteiger partial charge < -0.3 is 8.37 Å². The van der Waals surface area contributed by atoms with Gasteiger partial charge in [-0.25, -0.2) is 0 Å². The summed E-state index contributed by atoms with van der Waals surface area (Å²) in [5.74, 6) is -3.07. The molecule has 15 heteroatoms. The first-order valence-corrected chi connectivity index (χ1v) is 8.08. The van der Waals surface area contributed by atoms with Crippen molar-refractivity contribution in [3.8, 4) is 11.5 Å². The molecule has 0 heterocycles.